The fourth-order valence-electron chi connectivity index (χ4n) is 3.27. The fraction of sp³-hybridized carbons (Fsp3) is 0.474. The van der Waals surface area contributed by atoms with Crippen LogP contribution in [0.3, 0.4) is 0 Å². The van der Waals surface area contributed by atoms with Gasteiger partial charge in [0.25, 0.3) is 5.91 Å². The van der Waals surface area contributed by atoms with Crippen LogP contribution in [0.5, 0.6) is 0 Å². The van der Waals surface area contributed by atoms with Gasteiger partial charge in [-0.1, -0.05) is 31.2 Å². The topological polar surface area (TPSA) is 45.2 Å². The molecule has 1 unspecified atom stereocenters. The van der Waals surface area contributed by atoms with E-state index in [1.807, 2.05) is 10.3 Å². The number of carbonyl (C=O) groups is 1. The molecular formula is C19H23N3OS. The molecule has 1 aliphatic heterocycles. The van der Waals surface area contributed by atoms with Crippen molar-refractivity contribution < 1.29 is 4.79 Å². The molecule has 2 heterocycles. The zero-order valence-electron chi connectivity index (χ0n) is 14.0. The van der Waals surface area contributed by atoms with Gasteiger partial charge in [-0.05, 0) is 30.4 Å². The lowest BCUT2D eigenvalue weighted by Gasteiger charge is -2.36. The van der Waals surface area contributed by atoms with Gasteiger partial charge in [0.05, 0.1) is 11.0 Å². The van der Waals surface area contributed by atoms with Crippen LogP contribution < -0.4 is 5.32 Å². The molecule has 1 aliphatic carbocycles. The Labute approximate surface area is 146 Å². The van der Waals surface area contributed by atoms with Crippen LogP contribution in [0.2, 0.25) is 0 Å². The lowest BCUT2D eigenvalue weighted by molar-refractivity contribution is 0.0629. The van der Waals surface area contributed by atoms with Gasteiger partial charge >= 0.3 is 0 Å². The van der Waals surface area contributed by atoms with E-state index in [-0.39, 0.29) is 11.9 Å². The van der Waals surface area contributed by atoms with E-state index in [2.05, 4.69) is 41.5 Å². The number of nitrogens with zero attached hydrogens (tertiary/aromatic N) is 2. The minimum absolute atomic E-state index is 0.0734. The highest BCUT2D eigenvalue weighted by atomic mass is 32.1. The van der Waals surface area contributed by atoms with Crippen molar-refractivity contribution >= 4 is 17.2 Å². The lowest BCUT2D eigenvalue weighted by Crippen LogP contribution is -2.48. The molecule has 0 radical (unpaired) electrons. The number of aromatic nitrogens is 1. The highest BCUT2D eigenvalue weighted by Crippen LogP contribution is 2.41. The summed E-state index contributed by atoms with van der Waals surface area (Å²) in [5.74, 6) is 0.682. The van der Waals surface area contributed by atoms with E-state index in [0.29, 0.717) is 11.6 Å². The second kappa shape index (κ2) is 6.65. The Morgan fingerprint density at radius 3 is 2.83 bits per heavy atom. The van der Waals surface area contributed by atoms with Crippen LogP contribution in [0.1, 0.15) is 58.3 Å². The first-order valence-corrected chi connectivity index (χ1v) is 9.70. The van der Waals surface area contributed by atoms with E-state index in [0.717, 1.165) is 31.1 Å². The predicted octanol–water partition coefficient (Wildman–Crippen LogP) is 3.37. The van der Waals surface area contributed by atoms with E-state index >= 15 is 0 Å². The number of piperazine rings is 1. The number of thiazole rings is 1. The summed E-state index contributed by atoms with van der Waals surface area (Å²) < 4.78 is 0. The smallest absolute Gasteiger partial charge is 0.273 e. The number of benzene rings is 1. The predicted molar refractivity (Wildman–Crippen MR) is 96.6 cm³/mol. The average Bonchev–Trinajstić information content (AvgIpc) is 3.38. The van der Waals surface area contributed by atoms with Crippen LogP contribution >= 0.6 is 11.3 Å². The van der Waals surface area contributed by atoms with Gasteiger partial charge in [-0.15, -0.1) is 11.3 Å². The summed E-state index contributed by atoms with van der Waals surface area (Å²) in [6, 6.07) is 8.74. The van der Waals surface area contributed by atoms with Crippen LogP contribution in [0.25, 0.3) is 0 Å². The highest BCUT2D eigenvalue weighted by Gasteiger charge is 2.32. The van der Waals surface area contributed by atoms with Crippen LogP contribution in [-0.4, -0.2) is 35.4 Å². The van der Waals surface area contributed by atoms with E-state index in [1.165, 1.54) is 24.0 Å². The maximum Gasteiger partial charge on any atom is 0.273 e. The molecule has 2 aliphatic rings. The molecular weight excluding hydrogens is 318 g/mol. The van der Waals surface area contributed by atoms with Gasteiger partial charge in [0.2, 0.25) is 0 Å². The Morgan fingerprint density at radius 1 is 1.33 bits per heavy atom. The van der Waals surface area contributed by atoms with Crippen molar-refractivity contribution in [1.29, 1.82) is 0 Å². The van der Waals surface area contributed by atoms with Gasteiger partial charge < -0.3 is 10.2 Å². The number of amides is 1. The number of hydrogen-bond acceptors (Lipinski definition) is 4. The maximum atomic E-state index is 13.0. The summed E-state index contributed by atoms with van der Waals surface area (Å²) >= 11 is 1.64. The molecule has 0 spiro atoms. The van der Waals surface area contributed by atoms with E-state index in [4.69, 9.17) is 0 Å². The number of hydrogen-bond donors (Lipinski definition) is 1. The molecule has 1 aromatic heterocycles. The Balaban J connectivity index is 1.56. The normalized spacial score (nSPS) is 21.0. The number of rotatable bonds is 4. The van der Waals surface area contributed by atoms with Crippen molar-refractivity contribution in [2.24, 2.45) is 0 Å². The van der Waals surface area contributed by atoms with E-state index in [1.54, 1.807) is 11.3 Å². The van der Waals surface area contributed by atoms with Crippen molar-refractivity contribution in [1.82, 2.24) is 15.2 Å². The molecule has 1 saturated carbocycles. The van der Waals surface area contributed by atoms with Crippen molar-refractivity contribution in [3.63, 3.8) is 0 Å². The highest BCUT2D eigenvalue weighted by molar-refractivity contribution is 7.10. The standard InChI is InChI=1S/C19H23N3OS/c1-2-13-3-5-14(6-4-13)17-11-20-9-10-22(17)19(23)16-12-24-18(21-16)15-7-8-15/h3-6,12,15,17,20H,2,7-11H2,1H3. The van der Waals surface area contributed by atoms with Gasteiger partial charge in [-0.2, -0.15) is 0 Å². The zero-order chi connectivity index (χ0) is 16.5. The molecule has 1 amide bonds. The first-order valence-electron chi connectivity index (χ1n) is 8.82. The molecule has 4 rings (SSSR count). The molecule has 126 valence electrons. The maximum absolute atomic E-state index is 13.0. The van der Waals surface area contributed by atoms with Gasteiger partial charge in [0.15, 0.2) is 0 Å². The molecule has 1 N–H and O–H groups in total. The van der Waals surface area contributed by atoms with Crippen LogP contribution in [0.15, 0.2) is 29.6 Å². The molecule has 2 aromatic rings. The minimum atomic E-state index is 0.0734. The van der Waals surface area contributed by atoms with Crippen molar-refractivity contribution in [2.45, 2.75) is 38.1 Å². The second-order valence-corrected chi connectivity index (χ2v) is 7.55. The third-order valence-corrected chi connectivity index (χ3v) is 5.95. The van der Waals surface area contributed by atoms with Gasteiger partial charge in [-0.25, -0.2) is 4.98 Å². The largest absolute Gasteiger partial charge is 0.328 e. The van der Waals surface area contributed by atoms with Gasteiger partial charge in [0, 0.05) is 30.9 Å². The quantitative estimate of drug-likeness (QED) is 0.927. The Kier molecular flexibility index (Phi) is 4.37. The summed E-state index contributed by atoms with van der Waals surface area (Å²) in [7, 11) is 0. The molecule has 1 aromatic carbocycles. The molecule has 5 heteroatoms. The Morgan fingerprint density at radius 2 is 2.12 bits per heavy atom. The summed E-state index contributed by atoms with van der Waals surface area (Å²) in [6.07, 6.45) is 3.48. The Bertz CT molecular complexity index is 720. The second-order valence-electron chi connectivity index (χ2n) is 6.66. The monoisotopic (exact) mass is 341 g/mol. The van der Waals surface area contributed by atoms with Crippen LogP contribution in [0.4, 0.5) is 0 Å². The zero-order valence-corrected chi connectivity index (χ0v) is 14.8. The number of aryl methyl sites for hydroxylation is 1. The van der Waals surface area contributed by atoms with Crippen molar-refractivity contribution in [3.8, 4) is 0 Å². The molecule has 0 bridgehead atoms. The minimum Gasteiger partial charge on any atom is -0.328 e. The molecule has 24 heavy (non-hydrogen) atoms. The first kappa shape index (κ1) is 15.8. The third kappa shape index (κ3) is 3.10. The average molecular weight is 341 g/mol. The molecule has 1 atom stereocenters. The molecule has 1 saturated heterocycles. The summed E-state index contributed by atoms with van der Waals surface area (Å²) in [5, 5.41) is 6.50. The number of carbonyl (C=O) groups excluding carboxylic acids is 1. The van der Waals surface area contributed by atoms with E-state index < -0.39 is 0 Å². The number of nitrogens with one attached hydrogen (secondary N) is 1. The van der Waals surface area contributed by atoms with Gasteiger partial charge in [-0.3, -0.25) is 4.79 Å². The SMILES string of the molecule is CCc1ccc(C2CNCCN2C(=O)c2csc(C3CC3)n2)cc1. The summed E-state index contributed by atoms with van der Waals surface area (Å²) in [5.41, 5.74) is 3.15. The lowest BCUT2D eigenvalue weighted by atomic mass is 10.0. The fourth-order valence-corrected chi connectivity index (χ4v) is 4.24. The first-order chi connectivity index (χ1) is 11.8. The van der Waals surface area contributed by atoms with E-state index in [9.17, 15) is 4.79 Å². The third-order valence-electron chi connectivity index (χ3n) is 4.94. The van der Waals surface area contributed by atoms with Crippen molar-refractivity contribution in [3.05, 3.63) is 51.5 Å². The van der Waals surface area contributed by atoms with Crippen LogP contribution in [0, 0.1) is 0 Å². The van der Waals surface area contributed by atoms with Crippen molar-refractivity contribution in [2.75, 3.05) is 19.6 Å². The summed E-state index contributed by atoms with van der Waals surface area (Å²) in [6.45, 7) is 4.54. The van der Waals surface area contributed by atoms with Gasteiger partial charge in [0.1, 0.15) is 5.69 Å². The summed E-state index contributed by atoms with van der Waals surface area (Å²) in [4.78, 5) is 19.6. The molecule has 4 nitrogen and oxygen atoms in total. The Hall–Kier alpha value is -1.72. The molecule has 2 fully saturated rings. The van der Waals surface area contributed by atoms with Crippen LogP contribution in [-0.2, 0) is 6.42 Å².